The molecule has 234 valence electrons. The molecule has 1 N–H and O–H groups in total. The Balaban J connectivity index is 1.84. The van der Waals surface area contributed by atoms with Crippen LogP contribution in [0, 0.1) is 12.7 Å². The summed E-state index contributed by atoms with van der Waals surface area (Å²) in [5, 5.41) is 2.45. The van der Waals surface area contributed by atoms with Crippen molar-refractivity contribution in [3.63, 3.8) is 0 Å². The fourth-order valence-corrected chi connectivity index (χ4v) is 5.33. The van der Waals surface area contributed by atoms with Gasteiger partial charge in [0.25, 0.3) is 11.5 Å². The highest BCUT2D eigenvalue weighted by Gasteiger charge is 2.37. The molecule has 2 aromatic carbocycles. The zero-order chi connectivity index (χ0) is 32.4. The fraction of sp³-hybridized carbons (Fsp3) is 0.379. The van der Waals surface area contributed by atoms with Crippen molar-refractivity contribution >= 4 is 19.4 Å². The first-order valence-corrected chi connectivity index (χ1v) is 14.4. The standard InChI is InChI=1S/C29H33F4N2O7P/c1-18-14-20(30)9-11-23(18)40-24-15-19(29(31,32)33)8-10-22(24)26(37)34-21-12-13-35(25(36)16-21)17-39-43(38,41-27(2,3)4)42-28(5,6)7/h8-16H,17H2,1-7H3,(H,34,37). The van der Waals surface area contributed by atoms with E-state index in [1.165, 1.54) is 25.3 Å². The minimum absolute atomic E-state index is 0.00938. The number of hydrogen-bond donors (Lipinski definition) is 1. The maximum absolute atomic E-state index is 13.5. The number of nitrogens with zero attached hydrogens (tertiary/aromatic N) is 1. The van der Waals surface area contributed by atoms with Crippen molar-refractivity contribution in [3.05, 3.63) is 87.6 Å². The van der Waals surface area contributed by atoms with Gasteiger partial charge in [0.15, 0.2) is 0 Å². The Kier molecular flexibility index (Phi) is 9.97. The first-order chi connectivity index (χ1) is 19.6. The molecular weight excluding hydrogens is 595 g/mol. The predicted octanol–water partition coefficient (Wildman–Crippen LogP) is 8.07. The molecule has 0 fully saturated rings. The van der Waals surface area contributed by atoms with E-state index in [9.17, 15) is 31.7 Å². The van der Waals surface area contributed by atoms with Gasteiger partial charge in [0, 0.05) is 18.0 Å². The maximum atomic E-state index is 13.5. The number of rotatable bonds is 9. The molecule has 0 spiro atoms. The molecular formula is C29H33F4N2O7P. The molecule has 9 nitrogen and oxygen atoms in total. The molecule has 1 amide bonds. The number of aromatic nitrogens is 1. The number of carbonyl (C=O) groups is 1. The Hall–Kier alpha value is -3.51. The molecule has 3 rings (SSSR count). The van der Waals surface area contributed by atoms with Crippen molar-refractivity contribution in [2.24, 2.45) is 0 Å². The van der Waals surface area contributed by atoms with Gasteiger partial charge in [-0.25, -0.2) is 8.96 Å². The summed E-state index contributed by atoms with van der Waals surface area (Å²) in [4.78, 5) is 25.9. The van der Waals surface area contributed by atoms with E-state index in [1.807, 2.05) is 0 Å². The van der Waals surface area contributed by atoms with Crippen molar-refractivity contribution in [2.45, 2.75) is 72.6 Å². The Labute approximate surface area is 246 Å². The van der Waals surface area contributed by atoms with Crippen molar-refractivity contribution in [1.29, 1.82) is 0 Å². The smallest absolute Gasteiger partial charge is 0.456 e. The average molecular weight is 629 g/mol. The number of benzene rings is 2. The van der Waals surface area contributed by atoms with E-state index in [2.05, 4.69) is 5.32 Å². The largest absolute Gasteiger partial charge is 0.477 e. The topological polar surface area (TPSA) is 105 Å². The first kappa shape index (κ1) is 34.0. The monoisotopic (exact) mass is 628 g/mol. The first-order valence-electron chi connectivity index (χ1n) is 13.0. The highest BCUT2D eigenvalue weighted by Crippen LogP contribution is 2.55. The summed E-state index contributed by atoms with van der Waals surface area (Å²) < 4.78 is 90.1. The molecule has 0 unspecified atom stereocenters. The molecule has 0 bridgehead atoms. The highest BCUT2D eigenvalue weighted by atomic mass is 31.2. The number of carbonyl (C=O) groups excluding carboxylic acids is 1. The lowest BCUT2D eigenvalue weighted by Gasteiger charge is -2.30. The minimum atomic E-state index is -4.72. The van der Waals surface area contributed by atoms with Gasteiger partial charge in [0.1, 0.15) is 24.0 Å². The van der Waals surface area contributed by atoms with Crippen LogP contribution in [0.25, 0.3) is 0 Å². The molecule has 0 radical (unpaired) electrons. The number of phosphoric ester groups is 1. The molecule has 1 heterocycles. The minimum Gasteiger partial charge on any atom is -0.456 e. The van der Waals surface area contributed by atoms with Gasteiger partial charge in [-0.3, -0.25) is 27.7 Å². The van der Waals surface area contributed by atoms with Crippen LogP contribution in [-0.4, -0.2) is 21.7 Å². The summed E-state index contributed by atoms with van der Waals surface area (Å²) in [5.41, 5.74) is -3.49. The third-order valence-electron chi connectivity index (χ3n) is 5.29. The zero-order valence-electron chi connectivity index (χ0n) is 24.7. The molecule has 0 aliphatic carbocycles. The van der Waals surface area contributed by atoms with E-state index in [4.69, 9.17) is 18.3 Å². The van der Waals surface area contributed by atoms with Gasteiger partial charge in [-0.2, -0.15) is 13.2 Å². The molecule has 14 heteroatoms. The van der Waals surface area contributed by atoms with Crippen LogP contribution in [0.4, 0.5) is 23.2 Å². The van der Waals surface area contributed by atoms with Crippen LogP contribution < -0.4 is 15.6 Å². The number of anilines is 1. The lowest BCUT2D eigenvalue weighted by Crippen LogP contribution is -2.26. The van der Waals surface area contributed by atoms with Crippen molar-refractivity contribution in [3.8, 4) is 11.5 Å². The van der Waals surface area contributed by atoms with Gasteiger partial charge in [-0.1, -0.05) is 0 Å². The number of alkyl halides is 3. The second kappa shape index (κ2) is 12.6. The van der Waals surface area contributed by atoms with Gasteiger partial charge in [-0.15, -0.1) is 0 Å². The number of hydrogen-bond acceptors (Lipinski definition) is 7. The second-order valence-corrected chi connectivity index (χ2v) is 13.0. The molecule has 0 atom stereocenters. The van der Waals surface area contributed by atoms with E-state index < -0.39 is 60.5 Å². The third kappa shape index (κ3) is 10.0. The molecule has 0 saturated carbocycles. The van der Waals surface area contributed by atoms with E-state index >= 15 is 0 Å². The molecule has 0 aliphatic heterocycles. The quantitative estimate of drug-likeness (QED) is 0.189. The SMILES string of the molecule is Cc1cc(F)ccc1Oc1cc(C(F)(F)F)ccc1C(=O)Nc1ccn(COP(=O)(OC(C)(C)C)OC(C)(C)C)c(=O)c1. The summed E-state index contributed by atoms with van der Waals surface area (Å²) in [6.07, 6.45) is -3.47. The van der Waals surface area contributed by atoms with Crippen LogP contribution in [0.5, 0.6) is 11.5 Å². The molecule has 43 heavy (non-hydrogen) atoms. The van der Waals surface area contributed by atoms with Crippen LogP contribution in [0.3, 0.4) is 0 Å². The summed E-state index contributed by atoms with van der Waals surface area (Å²) >= 11 is 0. The third-order valence-corrected chi connectivity index (χ3v) is 7.27. The average Bonchev–Trinajstić information content (AvgIpc) is 2.82. The van der Waals surface area contributed by atoms with Crippen LogP contribution in [0.15, 0.2) is 59.5 Å². The lowest BCUT2D eigenvalue weighted by molar-refractivity contribution is -0.137. The van der Waals surface area contributed by atoms with Crippen molar-refractivity contribution in [2.75, 3.05) is 5.32 Å². The van der Waals surface area contributed by atoms with E-state index in [1.54, 1.807) is 41.5 Å². The van der Waals surface area contributed by atoms with Gasteiger partial charge < -0.3 is 10.1 Å². The number of pyridine rings is 1. The number of phosphoric acid groups is 1. The fourth-order valence-electron chi connectivity index (χ4n) is 3.58. The van der Waals surface area contributed by atoms with E-state index in [0.717, 1.165) is 28.8 Å². The van der Waals surface area contributed by atoms with Gasteiger partial charge >= 0.3 is 14.0 Å². The summed E-state index contributed by atoms with van der Waals surface area (Å²) in [6.45, 7) is 10.9. The molecule has 0 aliphatic rings. The number of amides is 1. The number of nitrogens with one attached hydrogen (secondary N) is 1. The van der Waals surface area contributed by atoms with Crippen LogP contribution in [0.1, 0.15) is 63.0 Å². The van der Waals surface area contributed by atoms with E-state index in [-0.39, 0.29) is 17.0 Å². The Morgan fingerprint density at radius 3 is 2.07 bits per heavy atom. The highest BCUT2D eigenvalue weighted by molar-refractivity contribution is 7.48. The van der Waals surface area contributed by atoms with Crippen LogP contribution in [-0.2, 0) is 31.0 Å². The maximum Gasteiger partial charge on any atom is 0.477 e. The van der Waals surface area contributed by atoms with Crippen LogP contribution in [0.2, 0.25) is 0 Å². The lowest BCUT2D eigenvalue weighted by atomic mass is 10.1. The summed E-state index contributed by atoms with van der Waals surface area (Å²) in [6, 6.07) is 8.10. The van der Waals surface area contributed by atoms with Crippen molar-refractivity contribution in [1.82, 2.24) is 4.57 Å². The Morgan fingerprint density at radius 2 is 1.53 bits per heavy atom. The zero-order valence-corrected chi connectivity index (χ0v) is 25.6. The van der Waals surface area contributed by atoms with Gasteiger partial charge in [0.2, 0.25) is 0 Å². The number of aryl methyl sites for hydroxylation is 1. The van der Waals surface area contributed by atoms with Crippen LogP contribution >= 0.6 is 7.82 Å². The molecule has 0 saturated heterocycles. The van der Waals surface area contributed by atoms with Gasteiger partial charge in [0.05, 0.1) is 22.3 Å². The van der Waals surface area contributed by atoms with Gasteiger partial charge in [-0.05, 0) is 96.5 Å². The second-order valence-electron chi connectivity index (χ2n) is 11.5. The Bertz CT molecular complexity index is 1570. The number of halogens is 4. The molecule has 1 aromatic heterocycles. The van der Waals surface area contributed by atoms with E-state index in [0.29, 0.717) is 17.7 Å². The number of ether oxygens (including phenoxy) is 1. The van der Waals surface area contributed by atoms with Crippen molar-refractivity contribution < 1.29 is 45.2 Å². The molecule has 3 aromatic rings. The summed E-state index contributed by atoms with van der Waals surface area (Å²) in [5.74, 6) is -1.84. The summed E-state index contributed by atoms with van der Waals surface area (Å²) in [7, 11) is -4.12. The Morgan fingerprint density at radius 1 is 0.907 bits per heavy atom. The normalized spacial score (nSPS) is 12.7. The predicted molar refractivity (Wildman–Crippen MR) is 152 cm³/mol.